The monoisotopic (exact) mass is 635 g/mol. The molecule has 232 valence electrons. The van der Waals surface area contributed by atoms with Crippen LogP contribution in [-0.2, 0) is 0 Å². The summed E-state index contributed by atoms with van der Waals surface area (Å²) >= 11 is 0. The van der Waals surface area contributed by atoms with Gasteiger partial charge < -0.3 is 0 Å². The van der Waals surface area contributed by atoms with Crippen molar-refractivity contribution in [1.82, 2.24) is 15.0 Å². The molecule has 0 saturated carbocycles. The van der Waals surface area contributed by atoms with Crippen LogP contribution in [0.25, 0.3) is 99.2 Å². The topological polar surface area (TPSA) is 38.7 Å². The van der Waals surface area contributed by atoms with E-state index in [4.69, 9.17) is 15.0 Å². The van der Waals surface area contributed by atoms with Gasteiger partial charge in [0.15, 0.2) is 17.5 Å². The maximum atomic E-state index is 5.29. The molecule has 0 atom stereocenters. The number of hydrogen-bond acceptors (Lipinski definition) is 3. The Morgan fingerprint density at radius 1 is 0.220 bits per heavy atom. The highest BCUT2D eigenvalue weighted by molar-refractivity contribution is 6.10. The Hall–Kier alpha value is -6.71. The Labute approximate surface area is 289 Å². The van der Waals surface area contributed by atoms with Crippen molar-refractivity contribution in [2.75, 3.05) is 0 Å². The lowest BCUT2D eigenvalue weighted by molar-refractivity contribution is 1.08. The van der Waals surface area contributed by atoms with E-state index >= 15 is 0 Å². The molecule has 50 heavy (non-hydrogen) atoms. The van der Waals surface area contributed by atoms with Crippen molar-refractivity contribution >= 4 is 53.9 Å². The number of hydrogen-bond donors (Lipinski definition) is 0. The molecule has 0 aliphatic heterocycles. The third-order valence-electron chi connectivity index (χ3n) is 9.90. The zero-order chi connectivity index (χ0) is 33.0. The average Bonchev–Trinajstić information content (AvgIpc) is 3.19. The lowest BCUT2D eigenvalue weighted by Crippen LogP contribution is -2.01. The third kappa shape index (κ3) is 4.63. The van der Waals surface area contributed by atoms with E-state index in [2.05, 4.69) is 176 Å². The van der Waals surface area contributed by atoms with Crippen molar-refractivity contribution in [3.8, 4) is 45.3 Å². The van der Waals surface area contributed by atoms with Gasteiger partial charge in [-0.3, -0.25) is 0 Å². The van der Waals surface area contributed by atoms with E-state index < -0.39 is 0 Å². The van der Waals surface area contributed by atoms with E-state index in [1.807, 2.05) is 0 Å². The molecular weight excluding hydrogens is 607 g/mol. The Morgan fingerprint density at radius 3 is 1.20 bits per heavy atom. The van der Waals surface area contributed by atoms with Gasteiger partial charge in [0.1, 0.15) is 0 Å². The second-order valence-electron chi connectivity index (χ2n) is 12.8. The van der Waals surface area contributed by atoms with E-state index in [0.717, 1.165) is 49.0 Å². The number of rotatable bonds is 4. The molecule has 0 aliphatic carbocycles. The van der Waals surface area contributed by atoms with E-state index in [1.165, 1.54) is 32.7 Å². The summed E-state index contributed by atoms with van der Waals surface area (Å²) in [5, 5.41) is 11.6. The van der Waals surface area contributed by atoms with E-state index in [0.29, 0.717) is 17.5 Å². The highest BCUT2D eigenvalue weighted by atomic mass is 15.0. The quantitative estimate of drug-likeness (QED) is 0.181. The Balaban J connectivity index is 1.25. The van der Waals surface area contributed by atoms with Gasteiger partial charge in [-0.25, -0.2) is 15.0 Å². The van der Waals surface area contributed by atoms with Crippen molar-refractivity contribution in [3.05, 3.63) is 176 Å². The summed E-state index contributed by atoms with van der Waals surface area (Å²) < 4.78 is 0. The molecule has 0 N–H and O–H groups in total. The summed E-state index contributed by atoms with van der Waals surface area (Å²) in [6, 6.07) is 62.3. The second-order valence-corrected chi connectivity index (χ2v) is 12.8. The van der Waals surface area contributed by atoms with Gasteiger partial charge >= 0.3 is 0 Å². The van der Waals surface area contributed by atoms with Gasteiger partial charge in [0.25, 0.3) is 0 Å². The molecule has 10 rings (SSSR count). The Kier molecular flexibility index (Phi) is 6.49. The summed E-state index contributed by atoms with van der Waals surface area (Å²) in [7, 11) is 0. The molecule has 10 aromatic rings. The zero-order valence-corrected chi connectivity index (χ0v) is 27.1. The molecular formula is C47H29N3. The van der Waals surface area contributed by atoms with Crippen molar-refractivity contribution < 1.29 is 0 Å². The standard InChI is InChI=1S/C47H29N3/c1-2-15-33-29-44-34(28-32(33)14-1)18-11-25-42(44)46-48-45(41-24-10-17-31-13-4-6-20-36(31)41)49-47(50-46)43-27-26-40(38-21-7-8-22-39(38)43)37-23-9-16-30-12-3-5-19-35(30)37/h1-29H. The van der Waals surface area contributed by atoms with Gasteiger partial charge in [0.2, 0.25) is 0 Å². The predicted molar refractivity (Wildman–Crippen MR) is 209 cm³/mol. The fourth-order valence-electron chi connectivity index (χ4n) is 7.51. The normalized spacial score (nSPS) is 11.6. The molecule has 9 aromatic carbocycles. The van der Waals surface area contributed by atoms with Gasteiger partial charge in [-0.2, -0.15) is 0 Å². The lowest BCUT2D eigenvalue weighted by Gasteiger charge is -2.15. The molecule has 0 fully saturated rings. The van der Waals surface area contributed by atoms with Crippen LogP contribution < -0.4 is 0 Å². The van der Waals surface area contributed by atoms with E-state index in [-0.39, 0.29) is 0 Å². The van der Waals surface area contributed by atoms with Crippen LogP contribution in [0.1, 0.15) is 0 Å². The molecule has 0 saturated heterocycles. The van der Waals surface area contributed by atoms with Crippen molar-refractivity contribution in [1.29, 1.82) is 0 Å². The van der Waals surface area contributed by atoms with Gasteiger partial charge in [0, 0.05) is 16.7 Å². The number of fused-ring (bicyclic) bond motifs is 5. The highest BCUT2D eigenvalue weighted by Crippen LogP contribution is 2.39. The predicted octanol–water partition coefficient (Wildman–Crippen LogP) is 12.3. The first-order valence-electron chi connectivity index (χ1n) is 16.9. The van der Waals surface area contributed by atoms with Crippen LogP contribution in [0, 0.1) is 0 Å². The van der Waals surface area contributed by atoms with Crippen LogP contribution in [0.2, 0.25) is 0 Å². The first-order chi connectivity index (χ1) is 24.8. The highest BCUT2D eigenvalue weighted by Gasteiger charge is 2.19. The summed E-state index contributed by atoms with van der Waals surface area (Å²) in [6.07, 6.45) is 0. The SMILES string of the molecule is c1ccc2cc3c(-c4nc(-c5cccc6ccccc56)nc(-c5ccc(-c6cccc7ccccc67)c6ccccc56)n4)cccc3cc2c1. The molecule has 0 bridgehead atoms. The largest absolute Gasteiger partial charge is 0.208 e. The Morgan fingerprint density at radius 2 is 0.580 bits per heavy atom. The summed E-state index contributed by atoms with van der Waals surface area (Å²) in [5.74, 6) is 1.96. The van der Waals surface area contributed by atoms with E-state index in [9.17, 15) is 0 Å². The minimum absolute atomic E-state index is 0.649. The van der Waals surface area contributed by atoms with Crippen LogP contribution in [-0.4, -0.2) is 15.0 Å². The average molecular weight is 636 g/mol. The van der Waals surface area contributed by atoms with Crippen LogP contribution >= 0.6 is 0 Å². The fourth-order valence-corrected chi connectivity index (χ4v) is 7.51. The minimum atomic E-state index is 0.649. The first kappa shape index (κ1) is 28.3. The van der Waals surface area contributed by atoms with Gasteiger partial charge in [0.05, 0.1) is 0 Å². The van der Waals surface area contributed by atoms with Gasteiger partial charge in [-0.1, -0.05) is 158 Å². The smallest absolute Gasteiger partial charge is 0.164 e. The van der Waals surface area contributed by atoms with Crippen LogP contribution in [0.4, 0.5) is 0 Å². The maximum Gasteiger partial charge on any atom is 0.164 e. The van der Waals surface area contributed by atoms with Gasteiger partial charge in [-0.15, -0.1) is 0 Å². The van der Waals surface area contributed by atoms with Crippen LogP contribution in [0.3, 0.4) is 0 Å². The molecule has 3 heteroatoms. The Bertz CT molecular complexity index is 2930. The molecule has 0 unspecified atom stereocenters. The van der Waals surface area contributed by atoms with Crippen molar-refractivity contribution in [2.24, 2.45) is 0 Å². The summed E-state index contributed by atoms with van der Waals surface area (Å²) in [4.78, 5) is 15.8. The molecule has 0 spiro atoms. The molecule has 1 aromatic heterocycles. The van der Waals surface area contributed by atoms with Crippen molar-refractivity contribution in [3.63, 3.8) is 0 Å². The molecule has 0 radical (unpaired) electrons. The molecule has 1 heterocycles. The first-order valence-corrected chi connectivity index (χ1v) is 16.9. The number of nitrogens with zero attached hydrogens (tertiary/aromatic N) is 3. The molecule has 0 amide bonds. The third-order valence-corrected chi connectivity index (χ3v) is 9.90. The zero-order valence-electron chi connectivity index (χ0n) is 27.1. The minimum Gasteiger partial charge on any atom is -0.208 e. The molecule has 0 aliphatic rings. The summed E-state index contributed by atoms with van der Waals surface area (Å²) in [6.45, 7) is 0. The molecule has 3 nitrogen and oxygen atoms in total. The fraction of sp³-hybridized carbons (Fsp3) is 0. The second kappa shape index (κ2) is 11.5. The van der Waals surface area contributed by atoms with Crippen LogP contribution in [0.15, 0.2) is 176 Å². The van der Waals surface area contributed by atoms with Gasteiger partial charge in [-0.05, 0) is 83.2 Å². The van der Waals surface area contributed by atoms with E-state index in [1.54, 1.807) is 0 Å². The summed E-state index contributed by atoms with van der Waals surface area (Å²) in [5.41, 5.74) is 5.33. The van der Waals surface area contributed by atoms with Crippen LogP contribution in [0.5, 0.6) is 0 Å². The lowest BCUT2D eigenvalue weighted by atomic mass is 9.92. The number of benzene rings is 9. The number of aromatic nitrogens is 3. The maximum absolute atomic E-state index is 5.29. The van der Waals surface area contributed by atoms with Crippen molar-refractivity contribution in [2.45, 2.75) is 0 Å².